The van der Waals surface area contributed by atoms with Crippen molar-refractivity contribution >= 4 is 45.6 Å². The van der Waals surface area contributed by atoms with Gasteiger partial charge in [0.05, 0.1) is 0 Å². The Morgan fingerprint density at radius 3 is 1.73 bits per heavy atom. The van der Waals surface area contributed by atoms with Gasteiger partial charge < -0.3 is 0 Å². The molecule has 0 rings (SSSR count). The van der Waals surface area contributed by atoms with E-state index in [0.717, 1.165) is 0 Å². The van der Waals surface area contributed by atoms with Gasteiger partial charge in [0.15, 0.2) is 0 Å². The molecule has 0 aromatic rings. The second-order valence-electron chi connectivity index (χ2n) is 2.75. The third-order valence-electron chi connectivity index (χ3n) is 1.54. The van der Waals surface area contributed by atoms with Crippen LogP contribution >= 0.6 is 6.13 Å². The van der Waals surface area contributed by atoms with Crippen LogP contribution in [0.4, 0.5) is 0 Å². The average molecular weight is 386 g/mol. The van der Waals surface area contributed by atoms with Crippen molar-refractivity contribution < 1.29 is 0 Å². The molecule has 0 heterocycles. The molecule has 0 saturated carbocycles. The summed E-state index contributed by atoms with van der Waals surface area (Å²) in [4.78, 5) is 0. The number of hydrogen-bond donors (Lipinski definition) is 0. The van der Waals surface area contributed by atoms with Crippen molar-refractivity contribution in [3.8, 4) is 0 Å². The Labute approximate surface area is 93.0 Å². The molecule has 0 aliphatic heterocycles. The summed E-state index contributed by atoms with van der Waals surface area (Å²) in [5, 5.41) is 0. The Bertz CT molecular complexity index is 61.1. The second-order valence-corrected chi connectivity index (χ2v) is 30.7. The van der Waals surface area contributed by atoms with Crippen molar-refractivity contribution in [2.75, 3.05) is 0 Å². The molecule has 0 aliphatic rings. The van der Waals surface area contributed by atoms with Gasteiger partial charge in [0.2, 0.25) is 0 Å². The molecule has 0 atom stereocenters. The molecule has 0 aliphatic carbocycles. The molecule has 0 fully saturated rings. The molecule has 0 saturated heterocycles. The summed E-state index contributed by atoms with van der Waals surface area (Å²) in [5.74, 6) is 0. The van der Waals surface area contributed by atoms with Crippen LogP contribution in [0.3, 0.4) is 0 Å². The Hall–Kier alpha value is 1.95. The average Bonchev–Trinajstić information content (AvgIpc) is 2.03. The standard InChI is InChI=1S/2C4H9.S.2Sn.2H/c2*1-3-4-2;;;;;/h2*1,3-4H2,2H3;;;;;. The third kappa shape index (κ3) is 11.9. The van der Waals surface area contributed by atoms with E-state index >= 15 is 0 Å². The molecule has 0 unspecified atom stereocenters. The van der Waals surface area contributed by atoms with Crippen molar-refractivity contribution in [3.05, 3.63) is 0 Å². The van der Waals surface area contributed by atoms with E-state index in [-0.39, 0.29) is 39.5 Å². The van der Waals surface area contributed by atoms with Crippen molar-refractivity contribution in [3.63, 3.8) is 0 Å². The topological polar surface area (TPSA) is 0 Å². The van der Waals surface area contributed by atoms with Crippen LogP contribution in [0.1, 0.15) is 39.5 Å². The summed E-state index contributed by atoms with van der Waals surface area (Å²) < 4.78 is 3.32. The molecule has 0 aromatic carbocycles. The molecule has 66 valence electrons. The van der Waals surface area contributed by atoms with Crippen LogP contribution in [0.2, 0.25) is 8.87 Å². The fraction of sp³-hybridized carbons (Fsp3) is 1.00. The summed E-state index contributed by atoms with van der Waals surface area (Å²) in [6, 6.07) is 0. The zero-order valence-electron chi connectivity index (χ0n) is 7.81. The van der Waals surface area contributed by atoms with Crippen LogP contribution in [-0.4, -0.2) is 39.5 Å². The van der Waals surface area contributed by atoms with Crippen molar-refractivity contribution in [1.82, 2.24) is 0 Å². The molecule has 0 amide bonds. The first kappa shape index (κ1) is 12.9. The fourth-order valence-electron chi connectivity index (χ4n) is 0.779. The first-order chi connectivity index (χ1) is 5.41. The van der Waals surface area contributed by atoms with Crippen LogP contribution in [-0.2, 0) is 0 Å². The Morgan fingerprint density at radius 2 is 1.36 bits per heavy atom. The Balaban J connectivity index is 2.69. The van der Waals surface area contributed by atoms with E-state index < -0.39 is 0 Å². The van der Waals surface area contributed by atoms with Crippen molar-refractivity contribution in [1.29, 1.82) is 0 Å². The zero-order chi connectivity index (χ0) is 8.36. The molecule has 2 radical (unpaired) electrons. The normalized spacial score (nSPS) is 10.4. The molecule has 0 N–H and O–H groups in total. The summed E-state index contributed by atoms with van der Waals surface area (Å²) in [6.07, 6.45) is 8.43. The van der Waals surface area contributed by atoms with Crippen LogP contribution in [0.5, 0.6) is 0 Å². The second kappa shape index (κ2) is 11.9. The van der Waals surface area contributed by atoms with Crippen LogP contribution in [0, 0.1) is 0 Å². The summed E-state index contributed by atoms with van der Waals surface area (Å²) in [6.45, 7) is 4.62. The third-order valence-corrected chi connectivity index (χ3v) is 34.2. The predicted octanol–water partition coefficient (Wildman–Crippen LogP) is 2.86. The summed E-state index contributed by atoms with van der Waals surface area (Å²) in [7, 11) is 0. The monoisotopic (exact) mass is 388 g/mol. The minimum atomic E-state index is -0.0304. The minimum absolute atomic E-state index is 0.0304. The Kier molecular flexibility index (Phi) is 14.1. The van der Waals surface area contributed by atoms with Gasteiger partial charge in [-0.3, -0.25) is 0 Å². The number of rotatable bonds is 8. The summed E-state index contributed by atoms with van der Waals surface area (Å²) in [5.41, 5.74) is 0. The van der Waals surface area contributed by atoms with Crippen molar-refractivity contribution in [2.45, 2.75) is 48.4 Å². The quantitative estimate of drug-likeness (QED) is 0.457. The van der Waals surface area contributed by atoms with Gasteiger partial charge in [-0.15, -0.1) is 0 Å². The van der Waals surface area contributed by atoms with E-state index in [2.05, 4.69) is 20.0 Å². The van der Waals surface area contributed by atoms with Gasteiger partial charge in [0.1, 0.15) is 0 Å². The van der Waals surface area contributed by atoms with E-state index in [1.807, 2.05) is 0 Å². The van der Waals surface area contributed by atoms with Crippen LogP contribution in [0.15, 0.2) is 0 Å². The Morgan fingerprint density at radius 1 is 0.909 bits per heavy atom. The van der Waals surface area contributed by atoms with Gasteiger partial charge in [0.25, 0.3) is 0 Å². The van der Waals surface area contributed by atoms with Gasteiger partial charge in [-0.25, -0.2) is 0 Å². The van der Waals surface area contributed by atoms with Gasteiger partial charge in [-0.2, -0.15) is 0 Å². The van der Waals surface area contributed by atoms with Gasteiger partial charge in [0, 0.05) is 0 Å². The van der Waals surface area contributed by atoms with Gasteiger partial charge >= 0.3 is 94.1 Å². The molecule has 3 heteroatoms. The van der Waals surface area contributed by atoms with E-state index in [1.54, 1.807) is 8.87 Å². The molecule has 11 heavy (non-hydrogen) atoms. The summed E-state index contributed by atoms with van der Waals surface area (Å²) >= 11 is -0.0608. The zero-order valence-corrected chi connectivity index (χ0v) is 15.2. The first-order valence-electron chi connectivity index (χ1n) is 4.70. The maximum atomic E-state index is 2.51. The van der Waals surface area contributed by atoms with Gasteiger partial charge in [-0.1, -0.05) is 0 Å². The SMILES string of the molecule is CCC[CH2][SnH][S][SnH][CH2]CCC. The van der Waals surface area contributed by atoms with Crippen molar-refractivity contribution in [2.24, 2.45) is 0 Å². The fourth-order valence-corrected chi connectivity index (χ4v) is 33.6. The first-order valence-corrected chi connectivity index (χ1v) is 18.4. The maximum absolute atomic E-state index is 2.51. The molecule has 0 spiro atoms. The van der Waals surface area contributed by atoms with E-state index in [4.69, 9.17) is 0 Å². The van der Waals surface area contributed by atoms with E-state index in [0.29, 0.717) is 0 Å². The molecular formula is C8H20SSn2. The number of unbranched alkanes of at least 4 members (excludes halogenated alkanes) is 2. The molecule has 0 aromatic heterocycles. The molecular weight excluding hydrogens is 366 g/mol. The van der Waals surface area contributed by atoms with E-state index in [9.17, 15) is 0 Å². The number of hydrogen-bond acceptors (Lipinski definition) is 1. The molecule has 0 bridgehead atoms. The van der Waals surface area contributed by atoms with Gasteiger partial charge in [-0.05, 0) is 0 Å². The predicted molar refractivity (Wildman–Crippen MR) is 61.3 cm³/mol. The van der Waals surface area contributed by atoms with Crippen LogP contribution < -0.4 is 0 Å². The van der Waals surface area contributed by atoms with Crippen LogP contribution in [0.25, 0.3) is 0 Å². The molecule has 0 nitrogen and oxygen atoms in total. The van der Waals surface area contributed by atoms with E-state index in [1.165, 1.54) is 25.7 Å².